The summed E-state index contributed by atoms with van der Waals surface area (Å²) in [6.07, 6.45) is 2.22. The zero-order valence-electron chi connectivity index (χ0n) is 5.54. The van der Waals surface area contributed by atoms with Gasteiger partial charge in [-0.2, -0.15) is 0 Å². The van der Waals surface area contributed by atoms with Gasteiger partial charge in [-0.15, -0.1) is 0 Å². The van der Waals surface area contributed by atoms with Crippen molar-refractivity contribution in [2.75, 3.05) is 12.3 Å². The average Bonchev–Trinajstić information content (AvgIpc) is 2.45. The summed E-state index contributed by atoms with van der Waals surface area (Å²) in [5.41, 5.74) is 0. The van der Waals surface area contributed by atoms with Crippen LogP contribution < -0.4 is 5.32 Å². The maximum atomic E-state index is 10.0. The summed E-state index contributed by atoms with van der Waals surface area (Å²) in [4.78, 5) is 0. The van der Waals surface area contributed by atoms with Crippen LogP contribution in [-0.2, 0) is 10.1 Å². The molecular formula is C5H10NO3S-. The van der Waals surface area contributed by atoms with Crippen molar-refractivity contribution in [3.05, 3.63) is 0 Å². The number of rotatable bonds is 4. The molecule has 0 amide bonds. The van der Waals surface area contributed by atoms with E-state index < -0.39 is 10.1 Å². The van der Waals surface area contributed by atoms with Gasteiger partial charge in [-0.3, -0.25) is 0 Å². The van der Waals surface area contributed by atoms with Crippen molar-refractivity contribution >= 4 is 10.1 Å². The molecule has 10 heavy (non-hydrogen) atoms. The monoisotopic (exact) mass is 164 g/mol. The van der Waals surface area contributed by atoms with Gasteiger partial charge in [0.1, 0.15) is 0 Å². The number of nitrogens with one attached hydrogen (secondary N) is 1. The molecule has 5 heteroatoms. The smallest absolute Gasteiger partial charge is 0.0958 e. The highest BCUT2D eigenvalue weighted by molar-refractivity contribution is 7.85. The van der Waals surface area contributed by atoms with E-state index in [-0.39, 0.29) is 5.75 Å². The van der Waals surface area contributed by atoms with Crippen molar-refractivity contribution in [1.82, 2.24) is 5.32 Å². The van der Waals surface area contributed by atoms with Crippen LogP contribution in [0.4, 0.5) is 0 Å². The van der Waals surface area contributed by atoms with Crippen LogP contribution in [0.15, 0.2) is 0 Å². The summed E-state index contributed by atoms with van der Waals surface area (Å²) in [6.45, 7) is 0.302. The van der Waals surface area contributed by atoms with Crippen molar-refractivity contribution in [3.63, 3.8) is 0 Å². The Hall–Kier alpha value is -0.130. The first-order valence-electron chi connectivity index (χ1n) is 3.25. The molecule has 4 nitrogen and oxygen atoms in total. The Morgan fingerprint density at radius 3 is 2.50 bits per heavy atom. The van der Waals surface area contributed by atoms with Gasteiger partial charge in [0.2, 0.25) is 0 Å². The molecule has 0 spiro atoms. The quantitative estimate of drug-likeness (QED) is 0.557. The van der Waals surface area contributed by atoms with Crippen LogP contribution in [0.1, 0.15) is 12.8 Å². The molecular weight excluding hydrogens is 154 g/mol. The van der Waals surface area contributed by atoms with E-state index in [4.69, 9.17) is 0 Å². The molecule has 0 atom stereocenters. The predicted octanol–water partition coefficient (Wildman–Crippen LogP) is -0.716. The van der Waals surface area contributed by atoms with Crippen molar-refractivity contribution in [1.29, 1.82) is 0 Å². The van der Waals surface area contributed by atoms with Gasteiger partial charge in [0, 0.05) is 12.6 Å². The second-order valence-electron chi connectivity index (χ2n) is 2.49. The van der Waals surface area contributed by atoms with Crippen LogP contribution in [0.25, 0.3) is 0 Å². The van der Waals surface area contributed by atoms with Gasteiger partial charge in [-0.05, 0) is 12.8 Å². The molecule has 0 aromatic rings. The fourth-order valence-electron chi connectivity index (χ4n) is 0.676. The SMILES string of the molecule is O=S(=O)([O-])CCNC1CC1. The topological polar surface area (TPSA) is 69.2 Å². The molecule has 1 saturated carbocycles. The lowest BCUT2D eigenvalue weighted by molar-refractivity contribution is 0.461. The van der Waals surface area contributed by atoms with E-state index in [1.807, 2.05) is 0 Å². The molecule has 0 aliphatic heterocycles. The fraction of sp³-hybridized carbons (Fsp3) is 1.00. The van der Waals surface area contributed by atoms with Crippen LogP contribution in [-0.4, -0.2) is 31.3 Å². The van der Waals surface area contributed by atoms with Gasteiger partial charge in [0.25, 0.3) is 0 Å². The first kappa shape index (κ1) is 7.97. The standard InChI is InChI=1S/C5H11NO3S/c7-10(8,9)4-3-6-5-1-2-5/h5-6H,1-4H2,(H,7,8,9)/p-1. The Labute approximate surface area is 60.4 Å². The highest BCUT2D eigenvalue weighted by atomic mass is 32.2. The minimum Gasteiger partial charge on any atom is -0.748 e. The maximum Gasteiger partial charge on any atom is 0.0958 e. The van der Waals surface area contributed by atoms with Gasteiger partial charge in [-0.25, -0.2) is 8.42 Å². The molecule has 0 bridgehead atoms. The van der Waals surface area contributed by atoms with Crippen molar-refractivity contribution in [3.8, 4) is 0 Å². The summed E-state index contributed by atoms with van der Waals surface area (Å²) in [6, 6.07) is 0.474. The highest BCUT2D eigenvalue weighted by Crippen LogP contribution is 2.17. The second kappa shape index (κ2) is 2.86. The van der Waals surface area contributed by atoms with Crippen LogP contribution in [0.5, 0.6) is 0 Å². The summed E-state index contributed by atoms with van der Waals surface area (Å²) in [7, 11) is -4.00. The molecule has 1 aliphatic carbocycles. The lowest BCUT2D eigenvalue weighted by atomic mass is 10.6. The third kappa shape index (κ3) is 3.81. The molecule has 60 valence electrons. The molecule has 1 fully saturated rings. The Bertz CT molecular complexity index is 195. The van der Waals surface area contributed by atoms with Crippen LogP contribution in [0.3, 0.4) is 0 Å². The first-order chi connectivity index (χ1) is 4.58. The predicted molar refractivity (Wildman–Crippen MR) is 35.6 cm³/mol. The number of hydrogen-bond acceptors (Lipinski definition) is 4. The van der Waals surface area contributed by atoms with E-state index in [1.54, 1.807) is 0 Å². The van der Waals surface area contributed by atoms with Crippen molar-refractivity contribution in [2.45, 2.75) is 18.9 Å². The first-order valence-corrected chi connectivity index (χ1v) is 4.82. The summed E-state index contributed by atoms with van der Waals surface area (Å²) in [5, 5.41) is 2.93. The molecule has 1 rings (SSSR count). The molecule has 1 N–H and O–H groups in total. The third-order valence-corrected chi connectivity index (χ3v) is 2.07. The van der Waals surface area contributed by atoms with Gasteiger partial charge < -0.3 is 9.87 Å². The minimum absolute atomic E-state index is 0.288. The average molecular weight is 164 g/mol. The van der Waals surface area contributed by atoms with E-state index in [0.717, 1.165) is 12.8 Å². The lowest BCUT2D eigenvalue weighted by Gasteiger charge is -2.06. The second-order valence-corrected chi connectivity index (χ2v) is 4.01. The van der Waals surface area contributed by atoms with E-state index in [0.29, 0.717) is 12.6 Å². The van der Waals surface area contributed by atoms with Gasteiger partial charge in [0.15, 0.2) is 0 Å². The van der Waals surface area contributed by atoms with Crippen LogP contribution in [0, 0.1) is 0 Å². The van der Waals surface area contributed by atoms with Gasteiger partial charge in [-0.1, -0.05) is 0 Å². The van der Waals surface area contributed by atoms with E-state index in [9.17, 15) is 13.0 Å². The minimum atomic E-state index is -4.00. The van der Waals surface area contributed by atoms with Gasteiger partial charge >= 0.3 is 0 Å². The van der Waals surface area contributed by atoms with Crippen molar-refractivity contribution < 1.29 is 13.0 Å². The maximum absolute atomic E-state index is 10.0. The zero-order chi connectivity index (χ0) is 7.61. The fourth-order valence-corrected chi connectivity index (χ4v) is 1.04. The molecule has 0 aromatic carbocycles. The summed E-state index contributed by atoms with van der Waals surface area (Å²) in [5.74, 6) is -0.288. The normalized spacial score (nSPS) is 19.3. The van der Waals surface area contributed by atoms with Gasteiger partial charge in [0.05, 0.1) is 15.9 Å². The Morgan fingerprint density at radius 2 is 2.10 bits per heavy atom. The van der Waals surface area contributed by atoms with E-state index in [2.05, 4.69) is 5.32 Å². The van der Waals surface area contributed by atoms with E-state index in [1.165, 1.54) is 0 Å². The van der Waals surface area contributed by atoms with Crippen LogP contribution in [0.2, 0.25) is 0 Å². The molecule has 0 aromatic heterocycles. The molecule has 1 aliphatic rings. The van der Waals surface area contributed by atoms with Crippen molar-refractivity contribution in [2.24, 2.45) is 0 Å². The molecule has 0 saturated heterocycles. The Kier molecular flexibility index (Phi) is 2.28. The van der Waals surface area contributed by atoms with Crippen LogP contribution >= 0.6 is 0 Å². The molecule has 0 radical (unpaired) electrons. The Morgan fingerprint density at radius 1 is 1.50 bits per heavy atom. The molecule has 0 unspecified atom stereocenters. The summed E-state index contributed by atoms with van der Waals surface area (Å²) >= 11 is 0. The third-order valence-electron chi connectivity index (χ3n) is 1.36. The Balaban J connectivity index is 2.04. The summed E-state index contributed by atoms with van der Waals surface area (Å²) < 4.78 is 30.1. The number of hydrogen-bond donors (Lipinski definition) is 1. The zero-order valence-corrected chi connectivity index (χ0v) is 6.36. The molecule has 0 heterocycles. The largest absolute Gasteiger partial charge is 0.748 e. The lowest BCUT2D eigenvalue weighted by Crippen LogP contribution is -2.24. The van der Waals surface area contributed by atoms with E-state index >= 15 is 0 Å². The highest BCUT2D eigenvalue weighted by Gasteiger charge is 2.19.